The third kappa shape index (κ3) is 3.08. The summed E-state index contributed by atoms with van der Waals surface area (Å²) >= 11 is 1.41. The van der Waals surface area contributed by atoms with Gasteiger partial charge in [-0.3, -0.25) is 14.6 Å². The highest BCUT2D eigenvalue weighted by Gasteiger charge is 2.12. The summed E-state index contributed by atoms with van der Waals surface area (Å²) in [5.41, 5.74) is 1.92. The lowest BCUT2D eigenvalue weighted by Crippen LogP contribution is -2.25. The SMILES string of the molecule is COC(=O)CCNC(=O)c1cc2nccc(C)c2s1. The first kappa shape index (κ1) is 13.5. The fraction of sp³-hybridized carbons (Fsp3) is 0.308. The predicted molar refractivity (Wildman–Crippen MR) is 73.3 cm³/mol. The van der Waals surface area contributed by atoms with Crippen LogP contribution in [0, 0.1) is 6.92 Å². The second kappa shape index (κ2) is 5.79. The number of fused-ring (bicyclic) bond motifs is 1. The smallest absolute Gasteiger partial charge is 0.307 e. The zero-order valence-electron chi connectivity index (χ0n) is 10.7. The maximum Gasteiger partial charge on any atom is 0.307 e. The van der Waals surface area contributed by atoms with Crippen LogP contribution in [0.2, 0.25) is 0 Å². The van der Waals surface area contributed by atoms with Gasteiger partial charge in [0.05, 0.1) is 28.6 Å². The molecular weight excluding hydrogens is 264 g/mol. The van der Waals surface area contributed by atoms with E-state index in [9.17, 15) is 9.59 Å². The number of aryl methyl sites for hydroxylation is 1. The number of methoxy groups -OCH3 is 1. The van der Waals surface area contributed by atoms with E-state index in [1.54, 1.807) is 12.3 Å². The predicted octanol–water partition coefficient (Wildman–Crippen LogP) is 1.90. The third-order valence-electron chi connectivity index (χ3n) is 2.67. The van der Waals surface area contributed by atoms with Crippen molar-refractivity contribution >= 4 is 33.4 Å². The van der Waals surface area contributed by atoms with E-state index in [4.69, 9.17) is 0 Å². The molecule has 0 unspecified atom stereocenters. The van der Waals surface area contributed by atoms with Crippen molar-refractivity contribution in [1.29, 1.82) is 0 Å². The minimum atomic E-state index is -0.339. The molecule has 0 radical (unpaired) electrons. The van der Waals surface area contributed by atoms with E-state index in [0.29, 0.717) is 4.88 Å². The topological polar surface area (TPSA) is 68.3 Å². The van der Waals surface area contributed by atoms with Crippen molar-refractivity contribution < 1.29 is 14.3 Å². The second-order valence-corrected chi connectivity index (χ2v) is 5.09. The van der Waals surface area contributed by atoms with E-state index in [1.807, 2.05) is 13.0 Å². The van der Waals surface area contributed by atoms with Gasteiger partial charge < -0.3 is 10.1 Å². The fourth-order valence-corrected chi connectivity index (χ4v) is 2.64. The number of carbonyl (C=O) groups is 2. The Morgan fingerprint density at radius 2 is 2.26 bits per heavy atom. The molecule has 0 saturated carbocycles. The molecule has 0 spiro atoms. The van der Waals surface area contributed by atoms with Crippen molar-refractivity contribution in [2.24, 2.45) is 0 Å². The van der Waals surface area contributed by atoms with Gasteiger partial charge in [0.2, 0.25) is 0 Å². The van der Waals surface area contributed by atoms with Crippen LogP contribution in [0.5, 0.6) is 0 Å². The van der Waals surface area contributed by atoms with Gasteiger partial charge in [-0.1, -0.05) is 0 Å². The van der Waals surface area contributed by atoms with E-state index < -0.39 is 0 Å². The number of ether oxygens (including phenoxy) is 1. The van der Waals surface area contributed by atoms with Crippen molar-refractivity contribution in [1.82, 2.24) is 10.3 Å². The Balaban J connectivity index is 2.05. The van der Waals surface area contributed by atoms with Crippen LogP contribution in [0.3, 0.4) is 0 Å². The molecule has 19 heavy (non-hydrogen) atoms. The Hall–Kier alpha value is -1.95. The van der Waals surface area contributed by atoms with Gasteiger partial charge in [-0.05, 0) is 24.6 Å². The van der Waals surface area contributed by atoms with Gasteiger partial charge in [0.1, 0.15) is 0 Å². The average Bonchev–Trinajstić information content (AvgIpc) is 2.84. The lowest BCUT2D eigenvalue weighted by molar-refractivity contribution is -0.140. The number of amides is 1. The van der Waals surface area contributed by atoms with Crippen LogP contribution in [-0.4, -0.2) is 30.5 Å². The van der Waals surface area contributed by atoms with Crippen LogP contribution in [-0.2, 0) is 9.53 Å². The largest absolute Gasteiger partial charge is 0.469 e. The zero-order valence-corrected chi connectivity index (χ0v) is 11.5. The lowest BCUT2D eigenvalue weighted by Gasteiger charge is -2.01. The van der Waals surface area contributed by atoms with E-state index in [0.717, 1.165) is 15.8 Å². The van der Waals surface area contributed by atoms with Crippen LogP contribution < -0.4 is 5.32 Å². The van der Waals surface area contributed by atoms with Gasteiger partial charge in [-0.2, -0.15) is 0 Å². The van der Waals surface area contributed by atoms with Crippen LogP contribution >= 0.6 is 11.3 Å². The van der Waals surface area contributed by atoms with Crippen molar-refractivity contribution in [3.63, 3.8) is 0 Å². The van der Waals surface area contributed by atoms with E-state index in [2.05, 4.69) is 15.0 Å². The lowest BCUT2D eigenvalue weighted by atomic mass is 10.2. The first-order valence-corrected chi connectivity index (χ1v) is 6.63. The number of rotatable bonds is 4. The number of thiophene rings is 1. The molecule has 0 atom stereocenters. The fourth-order valence-electron chi connectivity index (χ4n) is 1.64. The highest BCUT2D eigenvalue weighted by molar-refractivity contribution is 7.20. The van der Waals surface area contributed by atoms with E-state index in [-0.39, 0.29) is 24.8 Å². The van der Waals surface area contributed by atoms with Gasteiger partial charge in [0.15, 0.2) is 0 Å². The molecule has 100 valence electrons. The Morgan fingerprint density at radius 3 is 2.95 bits per heavy atom. The Kier molecular flexibility index (Phi) is 4.11. The quantitative estimate of drug-likeness (QED) is 0.867. The maximum atomic E-state index is 11.9. The van der Waals surface area contributed by atoms with Crippen LogP contribution in [0.4, 0.5) is 0 Å². The first-order chi connectivity index (χ1) is 9.11. The molecule has 5 nitrogen and oxygen atoms in total. The zero-order chi connectivity index (χ0) is 13.8. The number of nitrogens with one attached hydrogen (secondary N) is 1. The Bertz CT molecular complexity index is 621. The normalized spacial score (nSPS) is 10.4. The first-order valence-electron chi connectivity index (χ1n) is 5.82. The number of aromatic nitrogens is 1. The molecule has 0 aliphatic heterocycles. The number of hydrogen-bond donors (Lipinski definition) is 1. The molecule has 2 aromatic heterocycles. The molecule has 2 aromatic rings. The van der Waals surface area contributed by atoms with Crippen molar-refractivity contribution in [3.8, 4) is 0 Å². The Labute approximate surface area is 114 Å². The summed E-state index contributed by atoms with van der Waals surface area (Å²) in [5.74, 6) is -0.527. The molecule has 0 saturated heterocycles. The molecular formula is C13H14N2O3S. The highest BCUT2D eigenvalue weighted by atomic mass is 32.1. The molecule has 1 amide bonds. The molecule has 6 heteroatoms. The van der Waals surface area contributed by atoms with Crippen LogP contribution in [0.15, 0.2) is 18.3 Å². The maximum absolute atomic E-state index is 11.9. The number of hydrogen-bond acceptors (Lipinski definition) is 5. The molecule has 0 fully saturated rings. The summed E-state index contributed by atoms with van der Waals surface area (Å²) in [5, 5.41) is 2.69. The van der Waals surface area contributed by atoms with E-state index >= 15 is 0 Å². The van der Waals surface area contributed by atoms with Crippen LogP contribution in [0.25, 0.3) is 10.2 Å². The van der Waals surface area contributed by atoms with Crippen molar-refractivity contribution in [3.05, 3.63) is 28.8 Å². The number of esters is 1. The molecule has 2 rings (SSSR count). The molecule has 0 aliphatic rings. The monoisotopic (exact) mass is 278 g/mol. The highest BCUT2D eigenvalue weighted by Crippen LogP contribution is 2.26. The van der Waals surface area contributed by atoms with Gasteiger partial charge >= 0.3 is 5.97 Å². The summed E-state index contributed by atoms with van der Waals surface area (Å²) in [7, 11) is 1.32. The molecule has 0 aliphatic carbocycles. The number of pyridine rings is 1. The number of carbonyl (C=O) groups excluding carboxylic acids is 2. The summed E-state index contributed by atoms with van der Waals surface area (Å²) in [6.07, 6.45) is 1.90. The van der Waals surface area contributed by atoms with Gasteiger partial charge in [0, 0.05) is 12.7 Å². The summed E-state index contributed by atoms with van der Waals surface area (Å²) < 4.78 is 5.52. The molecule has 0 aromatic carbocycles. The Morgan fingerprint density at radius 1 is 1.47 bits per heavy atom. The van der Waals surface area contributed by atoms with Crippen LogP contribution in [0.1, 0.15) is 21.7 Å². The van der Waals surface area contributed by atoms with Crippen molar-refractivity contribution in [2.75, 3.05) is 13.7 Å². The minimum absolute atomic E-state index is 0.171. The molecule has 2 heterocycles. The average molecular weight is 278 g/mol. The minimum Gasteiger partial charge on any atom is -0.469 e. The van der Waals surface area contributed by atoms with Gasteiger partial charge in [-0.25, -0.2) is 0 Å². The summed E-state index contributed by atoms with van der Waals surface area (Å²) in [4.78, 5) is 27.7. The van der Waals surface area contributed by atoms with Gasteiger partial charge in [-0.15, -0.1) is 11.3 Å². The molecule has 1 N–H and O–H groups in total. The standard InChI is InChI=1S/C13H14N2O3S/c1-8-3-5-14-9-7-10(19-12(8)9)13(17)15-6-4-11(16)18-2/h3,5,7H,4,6H2,1-2H3,(H,15,17). The van der Waals surface area contributed by atoms with Gasteiger partial charge in [0.25, 0.3) is 5.91 Å². The number of nitrogens with zero attached hydrogens (tertiary/aromatic N) is 1. The summed E-state index contributed by atoms with van der Waals surface area (Å²) in [6, 6.07) is 3.68. The summed E-state index contributed by atoms with van der Waals surface area (Å²) in [6.45, 7) is 2.26. The van der Waals surface area contributed by atoms with E-state index in [1.165, 1.54) is 18.4 Å². The second-order valence-electron chi connectivity index (χ2n) is 4.03. The van der Waals surface area contributed by atoms with Crippen molar-refractivity contribution in [2.45, 2.75) is 13.3 Å². The molecule has 0 bridgehead atoms. The third-order valence-corrected chi connectivity index (χ3v) is 3.93.